The number of nitrogens with two attached hydrogens (primary N) is 1. The van der Waals surface area contributed by atoms with Gasteiger partial charge in [0.25, 0.3) is 0 Å². The second-order valence-electron chi connectivity index (χ2n) is 3.40. The Labute approximate surface area is 97.3 Å². The number of nitrogens with one attached hydrogen (secondary N) is 1. The highest BCUT2D eigenvalue weighted by Crippen LogP contribution is 2.08. The molecule has 1 atom stereocenters. The number of rotatable bonds is 5. The Bertz CT molecular complexity index is 500. The molecule has 0 amide bonds. The van der Waals surface area contributed by atoms with Crippen LogP contribution in [0.25, 0.3) is 0 Å². The first-order valence-corrected chi connectivity index (χ1v) is 6.23. The van der Waals surface area contributed by atoms with E-state index >= 15 is 0 Å². The molecule has 0 saturated carbocycles. The van der Waals surface area contributed by atoms with Crippen molar-refractivity contribution >= 4 is 21.7 Å². The Kier molecular flexibility index (Phi) is 3.91. The molecule has 0 aliphatic heterocycles. The van der Waals surface area contributed by atoms with Gasteiger partial charge in [0, 0.05) is 6.04 Å². The first-order chi connectivity index (χ1) is 7.78. The lowest BCUT2D eigenvalue weighted by Gasteiger charge is -2.11. The molecule has 0 aliphatic carbocycles. The highest BCUT2D eigenvalue weighted by Gasteiger charge is 2.13. The fraction of sp³-hybridized carbons (Fsp3) is 0.429. The van der Waals surface area contributed by atoms with Gasteiger partial charge in [0.15, 0.2) is 0 Å². The SMILES string of the molecule is C[C@H](CS(N)(=O)=O)Nc1ncc([N+](=O)[O-])cn1. The van der Waals surface area contributed by atoms with Gasteiger partial charge in [-0.3, -0.25) is 10.1 Å². The molecule has 0 unspecified atom stereocenters. The van der Waals surface area contributed by atoms with Crippen LogP contribution in [0.5, 0.6) is 0 Å². The van der Waals surface area contributed by atoms with Crippen molar-refractivity contribution in [2.75, 3.05) is 11.1 Å². The van der Waals surface area contributed by atoms with Crippen LogP contribution in [0.1, 0.15) is 6.92 Å². The molecule has 9 nitrogen and oxygen atoms in total. The lowest BCUT2D eigenvalue weighted by atomic mass is 10.4. The highest BCUT2D eigenvalue weighted by atomic mass is 32.2. The van der Waals surface area contributed by atoms with E-state index < -0.39 is 21.0 Å². The van der Waals surface area contributed by atoms with Gasteiger partial charge in [-0.15, -0.1) is 0 Å². The summed E-state index contributed by atoms with van der Waals surface area (Å²) < 4.78 is 21.6. The number of anilines is 1. The minimum atomic E-state index is -3.59. The maximum absolute atomic E-state index is 10.8. The van der Waals surface area contributed by atoms with Crippen LogP contribution in [0.3, 0.4) is 0 Å². The van der Waals surface area contributed by atoms with Crippen molar-refractivity contribution in [2.24, 2.45) is 5.14 Å². The van der Waals surface area contributed by atoms with Gasteiger partial charge in [0.2, 0.25) is 16.0 Å². The Hall–Kier alpha value is -1.81. The van der Waals surface area contributed by atoms with E-state index in [2.05, 4.69) is 15.3 Å². The third kappa shape index (κ3) is 4.70. The van der Waals surface area contributed by atoms with Crippen molar-refractivity contribution < 1.29 is 13.3 Å². The summed E-state index contributed by atoms with van der Waals surface area (Å²) in [5.74, 6) is -0.181. The Morgan fingerprint density at radius 3 is 2.47 bits per heavy atom. The number of aromatic nitrogens is 2. The monoisotopic (exact) mass is 261 g/mol. The number of hydrogen-bond donors (Lipinski definition) is 2. The first kappa shape index (κ1) is 13.3. The molecule has 0 bridgehead atoms. The maximum atomic E-state index is 10.8. The predicted octanol–water partition coefficient (Wildman–Crippen LogP) is -0.526. The summed E-state index contributed by atoms with van der Waals surface area (Å²) in [5, 5.41) is 17.8. The zero-order chi connectivity index (χ0) is 13.1. The average Bonchev–Trinajstić information content (AvgIpc) is 2.15. The van der Waals surface area contributed by atoms with Crippen molar-refractivity contribution in [3.63, 3.8) is 0 Å². The second-order valence-corrected chi connectivity index (χ2v) is 5.06. The maximum Gasteiger partial charge on any atom is 0.305 e. The molecule has 10 heteroatoms. The van der Waals surface area contributed by atoms with E-state index in [1.807, 2.05) is 0 Å². The largest absolute Gasteiger partial charge is 0.351 e. The quantitative estimate of drug-likeness (QED) is 0.536. The lowest BCUT2D eigenvalue weighted by Crippen LogP contribution is -2.30. The van der Waals surface area contributed by atoms with Crippen LogP contribution in [-0.4, -0.2) is 35.1 Å². The summed E-state index contributed by atoms with van der Waals surface area (Å²) in [4.78, 5) is 17.0. The number of hydrogen-bond acceptors (Lipinski definition) is 7. The molecular formula is C7H11N5O4S. The van der Waals surface area contributed by atoms with E-state index in [0.29, 0.717) is 0 Å². The Morgan fingerprint density at radius 1 is 1.53 bits per heavy atom. The molecule has 94 valence electrons. The van der Waals surface area contributed by atoms with Crippen LogP contribution in [0.2, 0.25) is 0 Å². The zero-order valence-electron chi connectivity index (χ0n) is 8.90. The van der Waals surface area contributed by atoms with Crippen LogP contribution in [0, 0.1) is 10.1 Å². The summed E-state index contributed by atoms with van der Waals surface area (Å²) in [5.41, 5.74) is -0.241. The molecule has 0 spiro atoms. The van der Waals surface area contributed by atoms with E-state index in [9.17, 15) is 18.5 Å². The molecular weight excluding hydrogens is 250 g/mol. The van der Waals surface area contributed by atoms with Gasteiger partial charge in [0.05, 0.1) is 10.7 Å². The molecule has 1 aromatic rings. The van der Waals surface area contributed by atoms with Crippen molar-refractivity contribution in [3.8, 4) is 0 Å². The fourth-order valence-corrected chi connectivity index (χ4v) is 1.88. The normalized spacial score (nSPS) is 13.1. The van der Waals surface area contributed by atoms with Crippen molar-refractivity contribution in [1.29, 1.82) is 0 Å². The third-order valence-corrected chi connectivity index (χ3v) is 2.67. The molecule has 0 radical (unpaired) electrons. The molecule has 0 saturated heterocycles. The van der Waals surface area contributed by atoms with Gasteiger partial charge >= 0.3 is 5.69 Å². The van der Waals surface area contributed by atoms with Crippen molar-refractivity contribution in [3.05, 3.63) is 22.5 Å². The van der Waals surface area contributed by atoms with Crippen LogP contribution in [-0.2, 0) is 10.0 Å². The number of nitro groups is 1. The number of primary sulfonamides is 1. The number of nitrogens with zero attached hydrogens (tertiary/aromatic N) is 3. The molecule has 0 aliphatic rings. The average molecular weight is 261 g/mol. The van der Waals surface area contributed by atoms with E-state index in [0.717, 1.165) is 12.4 Å². The van der Waals surface area contributed by atoms with E-state index in [1.165, 1.54) is 0 Å². The fourth-order valence-electron chi connectivity index (χ4n) is 1.10. The lowest BCUT2D eigenvalue weighted by molar-refractivity contribution is -0.385. The molecule has 0 fully saturated rings. The summed E-state index contributed by atoms with van der Waals surface area (Å²) in [6.45, 7) is 1.58. The van der Waals surface area contributed by atoms with Crippen molar-refractivity contribution in [2.45, 2.75) is 13.0 Å². The summed E-state index contributed by atoms with van der Waals surface area (Å²) in [6.07, 6.45) is 2.05. The van der Waals surface area contributed by atoms with Crippen LogP contribution >= 0.6 is 0 Å². The van der Waals surface area contributed by atoms with Crippen molar-refractivity contribution in [1.82, 2.24) is 9.97 Å². The van der Waals surface area contributed by atoms with Gasteiger partial charge in [-0.25, -0.2) is 23.5 Å². The molecule has 3 N–H and O–H groups in total. The minimum Gasteiger partial charge on any atom is -0.351 e. The Balaban J connectivity index is 2.66. The van der Waals surface area contributed by atoms with Crippen LogP contribution in [0.4, 0.5) is 11.6 Å². The standard InChI is InChI=1S/C7H11N5O4S/c1-5(4-17(8,15)16)11-7-9-2-6(3-10-7)12(13)14/h2-3,5H,4H2,1H3,(H2,8,15,16)(H,9,10,11)/t5-/m1/s1. The van der Waals surface area contributed by atoms with Crippen LogP contribution in [0.15, 0.2) is 12.4 Å². The van der Waals surface area contributed by atoms with Crippen LogP contribution < -0.4 is 10.5 Å². The molecule has 1 rings (SSSR count). The van der Waals surface area contributed by atoms with Gasteiger partial charge in [-0.2, -0.15) is 0 Å². The minimum absolute atomic E-state index is 0.103. The third-order valence-electron chi connectivity index (χ3n) is 1.71. The summed E-state index contributed by atoms with van der Waals surface area (Å²) in [6, 6.07) is -0.494. The summed E-state index contributed by atoms with van der Waals surface area (Å²) >= 11 is 0. The van der Waals surface area contributed by atoms with Gasteiger partial charge in [0.1, 0.15) is 12.4 Å². The molecule has 0 aromatic carbocycles. The van der Waals surface area contributed by atoms with E-state index in [4.69, 9.17) is 5.14 Å². The van der Waals surface area contributed by atoms with E-state index in [1.54, 1.807) is 6.92 Å². The van der Waals surface area contributed by atoms with E-state index in [-0.39, 0.29) is 17.4 Å². The van der Waals surface area contributed by atoms with Gasteiger partial charge < -0.3 is 5.32 Å². The Morgan fingerprint density at radius 2 is 2.06 bits per heavy atom. The van der Waals surface area contributed by atoms with Gasteiger partial charge in [-0.1, -0.05) is 0 Å². The first-order valence-electron chi connectivity index (χ1n) is 4.51. The smallest absolute Gasteiger partial charge is 0.305 e. The molecule has 1 aromatic heterocycles. The zero-order valence-corrected chi connectivity index (χ0v) is 9.72. The second kappa shape index (κ2) is 5.01. The number of sulfonamides is 1. The predicted molar refractivity (Wildman–Crippen MR) is 59.7 cm³/mol. The molecule has 17 heavy (non-hydrogen) atoms. The summed E-state index contributed by atoms with van der Waals surface area (Å²) in [7, 11) is -3.59. The van der Waals surface area contributed by atoms with Gasteiger partial charge in [-0.05, 0) is 6.92 Å². The topological polar surface area (TPSA) is 141 Å². The molecule has 1 heterocycles. The highest BCUT2D eigenvalue weighted by molar-refractivity contribution is 7.89.